The Hall–Kier alpha value is -8.40. The summed E-state index contributed by atoms with van der Waals surface area (Å²) in [6, 6.07) is 86.9. The SMILES string of the molecule is c1ccc(-c2ccc(N(c3ccc(-c4cccc(-n5c6ccccc6c6ccccc65)c4)cc3)c3ccccc3-c3ccc4c(c3)oc3c(-c5ccccc5)cccc34)cc2)cc1. The monoisotopic (exact) mass is 804 g/mol. The fourth-order valence-electron chi connectivity index (χ4n) is 9.41. The third-order valence-electron chi connectivity index (χ3n) is 12.4. The minimum atomic E-state index is 0.868. The van der Waals surface area contributed by atoms with E-state index in [2.05, 4.69) is 246 Å². The summed E-state index contributed by atoms with van der Waals surface area (Å²) < 4.78 is 9.12. The number of hydrogen-bond donors (Lipinski definition) is 0. The number of furan rings is 1. The largest absolute Gasteiger partial charge is 0.455 e. The van der Waals surface area contributed by atoms with Gasteiger partial charge in [0.15, 0.2) is 0 Å². The van der Waals surface area contributed by atoms with Crippen molar-refractivity contribution in [3.05, 3.63) is 243 Å². The van der Waals surface area contributed by atoms with E-state index in [4.69, 9.17) is 4.42 Å². The van der Waals surface area contributed by atoms with E-state index in [1.165, 1.54) is 32.9 Å². The van der Waals surface area contributed by atoms with Gasteiger partial charge in [0.1, 0.15) is 11.2 Å². The zero-order valence-corrected chi connectivity index (χ0v) is 34.4. The minimum Gasteiger partial charge on any atom is -0.455 e. The summed E-state index contributed by atoms with van der Waals surface area (Å²) in [6.07, 6.45) is 0. The van der Waals surface area contributed by atoms with Gasteiger partial charge in [0, 0.05) is 49.7 Å². The predicted octanol–water partition coefficient (Wildman–Crippen LogP) is 16.8. The quantitative estimate of drug-likeness (QED) is 0.153. The highest BCUT2D eigenvalue weighted by Crippen LogP contribution is 2.44. The Morgan fingerprint density at radius 1 is 0.317 bits per heavy atom. The van der Waals surface area contributed by atoms with Crippen LogP contribution >= 0.6 is 0 Å². The molecule has 0 radical (unpaired) electrons. The van der Waals surface area contributed by atoms with Crippen LogP contribution in [0.5, 0.6) is 0 Å². The Morgan fingerprint density at radius 3 is 1.52 bits per heavy atom. The highest BCUT2D eigenvalue weighted by molar-refractivity contribution is 6.11. The van der Waals surface area contributed by atoms with Crippen LogP contribution in [0.15, 0.2) is 247 Å². The molecule has 0 atom stereocenters. The predicted molar refractivity (Wildman–Crippen MR) is 264 cm³/mol. The Kier molecular flexibility index (Phi) is 8.83. The summed E-state index contributed by atoms with van der Waals surface area (Å²) in [5.41, 5.74) is 17.6. The molecule has 0 amide bonds. The van der Waals surface area contributed by atoms with E-state index >= 15 is 0 Å². The molecule has 0 aliphatic carbocycles. The molecule has 0 aliphatic heterocycles. The maximum atomic E-state index is 6.74. The van der Waals surface area contributed by atoms with Gasteiger partial charge in [-0.15, -0.1) is 0 Å². The van der Waals surface area contributed by atoms with Crippen molar-refractivity contribution in [1.82, 2.24) is 4.57 Å². The Labute approximate surface area is 366 Å². The molecule has 2 heterocycles. The maximum Gasteiger partial charge on any atom is 0.143 e. The van der Waals surface area contributed by atoms with E-state index in [1.807, 2.05) is 6.07 Å². The first-order valence-corrected chi connectivity index (χ1v) is 21.5. The Bertz CT molecular complexity index is 3550. The van der Waals surface area contributed by atoms with E-state index in [1.54, 1.807) is 0 Å². The molecule has 12 rings (SSSR count). The standard InChI is InChI=1S/C60H40N2O/c1-3-15-41(16-4-1)42-29-34-47(35-30-42)61(48-36-31-43(32-37-48)45-19-13-20-49(39-45)62-57-27-11-8-22-52(57)53-23-9-12-28-58(53)62)56-26-10-7-21-50(56)46-33-38-54-55-25-14-24-51(44-17-5-2-6-18-44)60(55)63-59(54)40-46/h1-40H. The lowest BCUT2D eigenvalue weighted by atomic mass is 9.98. The van der Waals surface area contributed by atoms with Crippen molar-refractivity contribution in [1.29, 1.82) is 0 Å². The van der Waals surface area contributed by atoms with E-state index in [-0.39, 0.29) is 0 Å². The molecule has 0 unspecified atom stereocenters. The normalized spacial score (nSPS) is 11.5. The average molecular weight is 805 g/mol. The summed E-state index contributed by atoms with van der Waals surface area (Å²) in [4.78, 5) is 2.37. The van der Waals surface area contributed by atoms with Gasteiger partial charge in [0.25, 0.3) is 0 Å². The van der Waals surface area contributed by atoms with Crippen LogP contribution in [0.1, 0.15) is 0 Å². The second-order valence-corrected chi connectivity index (χ2v) is 16.1. The first kappa shape index (κ1) is 36.5. The van der Waals surface area contributed by atoms with Gasteiger partial charge in [-0.05, 0) is 100 Å². The maximum absolute atomic E-state index is 6.74. The van der Waals surface area contributed by atoms with Crippen molar-refractivity contribution in [2.75, 3.05) is 4.90 Å². The Morgan fingerprint density at radius 2 is 0.825 bits per heavy atom. The van der Waals surface area contributed by atoms with Gasteiger partial charge in [0.05, 0.1) is 16.7 Å². The third kappa shape index (κ3) is 6.38. The van der Waals surface area contributed by atoms with Crippen LogP contribution in [0.3, 0.4) is 0 Å². The third-order valence-corrected chi connectivity index (χ3v) is 12.4. The number of rotatable bonds is 8. The zero-order valence-electron chi connectivity index (χ0n) is 34.4. The van der Waals surface area contributed by atoms with Crippen LogP contribution in [-0.4, -0.2) is 4.57 Å². The summed E-state index contributed by atoms with van der Waals surface area (Å²) in [6.45, 7) is 0. The molecule has 0 saturated carbocycles. The van der Waals surface area contributed by atoms with Crippen molar-refractivity contribution in [3.8, 4) is 50.2 Å². The number of benzene rings is 10. The van der Waals surface area contributed by atoms with E-state index < -0.39 is 0 Å². The van der Waals surface area contributed by atoms with Gasteiger partial charge >= 0.3 is 0 Å². The lowest BCUT2D eigenvalue weighted by Crippen LogP contribution is -2.11. The molecule has 0 aliphatic rings. The van der Waals surface area contributed by atoms with Crippen molar-refractivity contribution >= 4 is 60.8 Å². The molecule has 0 saturated heterocycles. The molecule has 3 heteroatoms. The van der Waals surface area contributed by atoms with Crippen LogP contribution in [0, 0.1) is 0 Å². The number of fused-ring (bicyclic) bond motifs is 6. The second-order valence-electron chi connectivity index (χ2n) is 16.1. The summed E-state index contributed by atoms with van der Waals surface area (Å²) >= 11 is 0. The summed E-state index contributed by atoms with van der Waals surface area (Å²) in [5.74, 6) is 0. The molecule has 12 aromatic rings. The molecular weight excluding hydrogens is 765 g/mol. The molecule has 63 heavy (non-hydrogen) atoms. The van der Waals surface area contributed by atoms with E-state index in [9.17, 15) is 0 Å². The summed E-state index contributed by atoms with van der Waals surface area (Å²) in [5, 5.41) is 4.74. The van der Waals surface area contributed by atoms with Crippen LogP contribution < -0.4 is 4.90 Å². The minimum absolute atomic E-state index is 0.868. The average Bonchev–Trinajstić information content (AvgIpc) is 3.91. The van der Waals surface area contributed by atoms with Crippen molar-refractivity contribution in [3.63, 3.8) is 0 Å². The van der Waals surface area contributed by atoms with Crippen LogP contribution in [-0.2, 0) is 0 Å². The molecule has 0 spiro atoms. The first-order valence-electron chi connectivity index (χ1n) is 21.5. The number of nitrogens with zero attached hydrogens (tertiary/aromatic N) is 2. The molecule has 0 bridgehead atoms. The molecule has 0 fully saturated rings. The molecule has 0 N–H and O–H groups in total. The summed E-state index contributed by atoms with van der Waals surface area (Å²) in [7, 11) is 0. The van der Waals surface area contributed by atoms with Crippen LogP contribution in [0.2, 0.25) is 0 Å². The number of aromatic nitrogens is 1. The van der Waals surface area contributed by atoms with E-state index in [0.717, 1.165) is 78.1 Å². The smallest absolute Gasteiger partial charge is 0.143 e. The van der Waals surface area contributed by atoms with Crippen molar-refractivity contribution in [2.24, 2.45) is 0 Å². The highest BCUT2D eigenvalue weighted by Gasteiger charge is 2.20. The molecule has 3 nitrogen and oxygen atoms in total. The highest BCUT2D eigenvalue weighted by atomic mass is 16.3. The lowest BCUT2D eigenvalue weighted by Gasteiger charge is -2.28. The van der Waals surface area contributed by atoms with Gasteiger partial charge in [-0.2, -0.15) is 0 Å². The van der Waals surface area contributed by atoms with Gasteiger partial charge in [0.2, 0.25) is 0 Å². The fraction of sp³-hybridized carbons (Fsp3) is 0. The van der Waals surface area contributed by atoms with Crippen molar-refractivity contribution in [2.45, 2.75) is 0 Å². The molecule has 296 valence electrons. The van der Waals surface area contributed by atoms with Crippen LogP contribution in [0.4, 0.5) is 17.1 Å². The van der Waals surface area contributed by atoms with Gasteiger partial charge in [-0.3, -0.25) is 0 Å². The zero-order chi connectivity index (χ0) is 41.7. The number of hydrogen-bond acceptors (Lipinski definition) is 2. The lowest BCUT2D eigenvalue weighted by molar-refractivity contribution is 0.670. The van der Waals surface area contributed by atoms with Crippen LogP contribution in [0.25, 0.3) is 93.9 Å². The topological polar surface area (TPSA) is 21.3 Å². The van der Waals surface area contributed by atoms with Crippen molar-refractivity contribution < 1.29 is 4.42 Å². The second kappa shape index (κ2) is 15.3. The van der Waals surface area contributed by atoms with E-state index in [0.29, 0.717) is 0 Å². The van der Waals surface area contributed by atoms with Gasteiger partial charge in [-0.1, -0.05) is 176 Å². The number of anilines is 3. The fourth-order valence-corrected chi connectivity index (χ4v) is 9.41. The first-order chi connectivity index (χ1) is 31.2. The molecular formula is C60H40N2O. The molecule has 10 aromatic carbocycles. The Balaban J connectivity index is 0.961. The number of para-hydroxylation sites is 4. The van der Waals surface area contributed by atoms with Gasteiger partial charge < -0.3 is 13.9 Å². The van der Waals surface area contributed by atoms with Gasteiger partial charge in [-0.25, -0.2) is 0 Å². The molecule has 2 aromatic heterocycles.